The van der Waals surface area contributed by atoms with Crippen molar-refractivity contribution in [2.45, 2.75) is 6.92 Å². The molecule has 0 saturated heterocycles. The van der Waals surface area contributed by atoms with E-state index >= 15 is 0 Å². The van der Waals surface area contributed by atoms with E-state index in [9.17, 15) is 14.7 Å². The summed E-state index contributed by atoms with van der Waals surface area (Å²) >= 11 is 0. The van der Waals surface area contributed by atoms with Gasteiger partial charge in [-0.05, 0) is 12.1 Å². The SMILES string of the molecule is CC(=O)Oc1c(O)c2ccccc2n(C)c1=O. The number of aromatic nitrogens is 1. The van der Waals surface area contributed by atoms with Gasteiger partial charge in [-0.1, -0.05) is 12.1 Å². The molecule has 0 unspecified atom stereocenters. The first-order chi connectivity index (χ1) is 8.02. The van der Waals surface area contributed by atoms with E-state index in [1.54, 1.807) is 31.3 Å². The van der Waals surface area contributed by atoms with Crippen LogP contribution in [0.25, 0.3) is 10.9 Å². The number of aromatic hydroxyl groups is 1. The van der Waals surface area contributed by atoms with Gasteiger partial charge in [0.15, 0.2) is 5.75 Å². The number of fused-ring (bicyclic) bond motifs is 1. The molecule has 0 atom stereocenters. The molecular weight excluding hydrogens is 222 g/mol. The van der Waals surface area contributed by atoms with Crippen LogP contribution in [-0.4, -0.2) is 15.6 Å². The van der Waals surface area contributed by atoms with E-state index in [0.29, 0.717) is 10.9 Å². The molecule has 0 aliphatic rings. The van der Waals surface area contributed by atoms with Crippen LogP contribution in [0.2, 0.25) is 0 Å². The van der Waals surface area contributed by atoms with E-state index in [1.807, 2.05) is 0 Å². The molecule has 17 heavy (non-hydrogen) atoms. The van der Waals surface area contributed by atoms with Gasteiger partial charge in [0.05, 0.1) is 5.52 Å². The molecule has 0 bridgehead atoms. The van der Waals surface area contributed by atoms with E-state index in [4.69, 9.17) is 4.74 Å². The molecule has 5 heteroatoms. The second-order valence-electron chi connectivity index (χ2n) is 3.65. The fourth-order valence-corrected chi connectivity index (χ4v) is 1.69. The van der Waals surface area contributed by atoms with Gasteiger partial charge in [-0.2, -0.15) is 0 Å². The highest BCUT2D eigenvalue weighted by atomic mass is 16.5. The van der Waals surface area contributed by atoms with Crippen molar-refractivity contribution in [3.63, 3.8) is 0 Å². The Bertz CT molecular complexity index is 657. The van der Waals surface area contributed by atoms with E-state index in [1.165, 1.54) is 11.5 Å². The number of benzene rings is 1. The fourth-order valence-electron chi connectivity index (χ4n) is 1.69. The molecule has 0 aliphatic carbocycles. The Balaban J connectivity index is 2.86. The van der Waals surface area contributed by atoms with E-state index in [0.717, 1.165) is 0 Å². The first kappa shape index (κ1) is 11.2. The van der Waals surface area contributed by atoms with Gasteiger partial charge in [-0.3, -0.25) is 9.59 Å². The van der Waals surface area contributed by atoms with Crippen molar-refractivity contribution in [2.75, 3.05) is 0 Å². The molecular formula is C12H11NO4. The third kappa shape index (κ3) is 1.75. The number of para-hydroxylation sites is 1. The first-order valence-electron chi connectivity index (χ1n) is 5.01. The molecule has 5 nitrogen and oxygen atoms in total. The second kappa shape index (κ2) is 3.93. The molecule has 88 valence electrons. The lowest BCUT2D eigenvalue weighted by Gasteiger charge is -2.10. The van der Waals surface area contributed by atoms with Gasteiger partial charge in [0.1, 0.15) is 0 Å². The van der Waals surface area contributed by atoms with Crippen LogP contribution in [-0.2, 0) is 11.8 Å². The summed E-state index contributed by atoms with van der Waals surface area (Å²) in [5.74, 6) is -1.29. The van der Waals surface area contributed by atoms with Crippen LogP contribution in [0.4, 0.5) is 0 Å². The summed E-state index contributed by atoms with van der Waals surface area (Å²) in [6, 6.07) is 6.84. The number of aryl methyl sites for hydroxylation is 1. The molecule has 0 aliphatic heterocycles. The third-order valence-corrected chi connectivity index (χ3v) is 2.48. The van der Waals surface area contributed by atoms with E-state index < -0.39 is 11.5 Å². The van der Waals surface area contributed by atoms with Gasteiger partial charge < -0.3 is 14.4 Å². The minimum atomic E-state index is -0.646. The first-order valence-corrected chi connectivity index (χ1v) is 5.01. The van der Waals surface area contributed by atoms with E-state index in [-0.39, 0.29) is 11.5 Å². The zero-order chi connectivity index (χ0) is 12.6. The van der Waals surface area contributed by atoms with Crippen molar-refractivity contribution in [1.29, 1.82) is 0 Å². The average molecular weight is 233 g/mol. The van der Waals surface area contributed by atoms with Crippen molar-refractivity contribution < 1.29 is 14.6 Å². The molecule has 0 fully saturated rings. The Morgan fingerprint density at radius 3 is 2.65 bits per heavy atom. The lowest BCUT2D eigenvalue weighted by Crippen LogP contribution is -2.21. The number of pyridine rings is 1. The molecule has 0 spiro atoms. The Morgan fingerprint density at radius 1 is 1.35 bits per heavy atom. The number of ether oxygens (including phenoxy) is 1. The molecule has 1 aromatic carbocycles. The zero-order valence-electron chi connectivity index (χ0n) is 9.43. The van der Waals surface area contributed by atoms with Crippen LogP contribution in [0.15, 0.2) is 29.1 Å². The summed E-state index contributed by atoms with van der Waals surface area (Å²) < 4.78 is 6.07. The Kier molecular flexibility index (Phi) is 2.59. The van der Waals surface area contributed by atoms with Crippen molar-refractivity contribution in [2.24, 2.45) is 7.05 Å². The van der Waals surface area contributed by atoms with Gasteiger partial charge >= 0.3 is 5.97 Å². The second-order valence-corrected chi connectivity index (χ2v) is 3.65. The monoisotopic (exact) mass is 233 g/mol. The number of hydrogen-bond donors (Lipinski definition) is 1. The normalized spacial score (nSPS) is 10.5. The predicted octanol–water partition coefficient (Wildman–Crippen LogP) is 1.17. The molecule has 1 aromatic heterocycles. The Labute approximate surface area is 96.9 Å². The summed E-state index contributed by atoms with van der Waals surface area (Å²) in [5.41, 5.74) is 0.0299. The smallest absolute Gasteiger partial charge is 0.308 e. The zero-order valence-corrected chi connectivity index (χ0v) is 9.43. The summed E-state index contributed by atoms with van der Waals surface area (Å²) in [6.45, 7) is 1.17. The van der Waals surface area contributed by atoms with Gasteiger partial charge in [0.25, 0.3) is 5.56 Å². The fraction of sp³-hybridized carbons (Fsp3) is 0.167. The Morgan fingerprint density at radius 2 is 2.00 bits per heavy atom. The van der Waals surface area contributed by atoms with Gasteiger partial charge in [0.2, 0.25) is 5.75 Å². The molecule has 0 saturated carbocycles. The van der Waals surface area contributed by atoms with Crippen molar-refractivity contribution in [1.82, 2.24) is 4.57 Å². The van der Waals surface area contributed by atoms with Crippen LogP contribution in [0, 0.1) is 0 Å². The number of carbonyl (C=O) groups excluding carboxylic acids is 1. The maximum atomic E-state index is 11.9. The van der Waals surface area contributed by atoms with Crippen LogP contribution in [0.1, 0.15) is 6.92 Å². The summed E-state index contributed by atoms with van der Waals surface area (Å²) in [6.07, 6.45) is 0. The van der Waals surface area contributed by atoms with Crippen LogP contribution in [0.5, 0.6) is 11.5 Å². The molecule has 2 aromatic rings. The number of nitrogens with zero attached hydrogens (tertiary/aromatic N) is 1. The highest BCUT2D eigenvalue weighted by molar-refractivity contribution is 5.88. The lowest BCUT2D eigenvalue weighted by atomic mass is 10.2. The quantitative estimate of drug-likeness (QED) is 0.751. The van der Waals surface area contributed by atoms with Gasteiger partial charge in [-0.15, -0.1) is 0 Å². The van der Waals surface area contributed by atoms with Crippen LogP contribution >= 0.6 is 0 Å². The molecule has 0 amide bonds. The van der Waals surface area contributed by atoms with Crippen LogP contribution in [0.3, 0.4) is 0 Å². The highest BCUT2D eigenvalue weighted by Crippen LogP contribution is 2.30. The molecule has 0 radical (unpaired) electrons. The minimum absolute atomic E-state index is 0.307. The molecule has 2 rings (SSSR count). The average Bonchev–Trinajstić information content (AvgIpc) is 2.31. The number of hydrogen-bond acceptors (Lipinski definition) is 4. The topological polar surface area (TPSA) is 68.5 Å². The lowest BCUT2D eigenvalue weighted by molar-refractivity contribution is -0.132. The summed E-state index contributed by atoms with van der Waals surface area (Å²) in [7, 11) is 1.55. The molecule has 1 heterocycles. The van der Waals surface area contributed by atoms with Crippen LogP contribution < -0.4 is 10.3 Å². The summed E-state index contributed by atoms with van der Waals surface area (Å²) in [4.78, 5) is 22.7. The number of esters is 1. The van der Waals surface area contributed by atoms with Crippen molar-refractivity contribution in [3.05, 3.63) is 34.6 Å². The molecule has 1 N–H and O–H groups in total. The predicted molar refractivity (Wildman–Crippen MR) is 62.2 cm³/mol. The largest absolute Gasteiger partial charge is 0.504 e. The third-order valence-electron chi connectivity index (χ3n) is 2.48. The highest BCUT2D eigenvalue weighted by Gasteiger charge is 2.16. The number of rotatable bonds is 1. The maximum absolute atomic E-state index is 11.9. The summed E-state index contributed by atoms with van der Waals surface area (Å²) in [5, 5.41) is 10.4. The van der Waals surface area contributed by atoms with Crippen molar-refractivity contribution >= 4 is 16.9 Å². The van der Waals surface area contributed by atoms with Gasteiger partial charge in [0, 0.05) is 19.4 Å². The minimum Gasteiger partial charge on any atom is -0.504 e. The van der Waals surface area contributed by atoms with E-state index in [2.05, 4.69) is 0 Å². The van der Waals surface area contributed by atoms with Crippen molar-refractivity contribution in [3.8, 4) is 11.5 Å². The standard InChI is InChI=1S/C12H11NO4/c1-7(14)17-11-10(15)8-5-3-4-6-9(8)13(2)12(11)16/h3-6,15H,1-2H3. The van der Waals surface area contributed by atoms with Gasteiger partial charge in [-0.25, -0.2) is 0 Å². The number of carbonyl (C=O) groups is 1. The Hall–Kier alpha value is -2.30. The maximum Gasteiger partial charge on any atom is 0.308 e.